The van der Waals surface area contributed by atoms with Crippen LogP contribution in [0, 0.1) is 0 Å². The summed E-state index contributed by atoms with van der Waals surface area (Å²) in [6.07, 6.45) is -0.953. The van der Waals surface area contributed by atoms with Crippen LogP contribution >= 0.6 is 0 Å². The van der Waals surface area contributed by atoms with Crippen molar-refractivity contribution in [2.75, 3.05) is 14.2 Å². The Kier molecular flexibility index (Phi) is 4.70. The molecule has 0 aromatic carbocycles. The van der Waals surface area contributed by atoms with E-state index < -0.39 is 18.4 Å². The van der Waals surface area contributed by atoms with Crippen LogP contribution in [0.3, 0.4) is 0 Å². The first-order valence-electron chi connectivity index (χ1n) is 5.00. The van der Waals surface area contributed by atoms with Crippen LogP contribution in [0.15, 0.2) is 0 Å². The molecule has 0 bridgehead atoms. The second kappa shape index (κ2) is 5.81. The van der Waals surface area contributed by atoms with Gasteiger partial charge in [-0.2, -0.15) is 0 Å². The van der Waals surface area contributed by atoms with Gasteiger partial charge in [0.15, 0.2) is 12.4 Å². The second-order valence-corrected chi connectivity index (χ2v) is 3.52. The second-order valence-electron chi connectivity index (χ2n) is 3.52. The molecule has 6 heteroatoms. The average molecular weight is 232 g/mol. The zero-order valence-electron chi connectivity index (χ0n) is 9.60. The molecule has 0 amide bonds. The highest BCUT2D eigenvalue weighted by Crippen LogP contribution is 2.23. The molecular formula is C10H16O6. The summed E-state index contributed by atoms with van der Waals surface area (Å²) < 4.78 is 19.9. The van der Waals surface area contributed by atoms with Crippen molar-refractivity contribution in [1.82, 2.24) is 0 Å². The zero-order valence-corrected chi connectivity index (χ0v) is 9.60. The Bertz CT molecular complexity index is 264. The number of ether oxygens (including phenoxy) is 4. The fourth-order valence-corrected chi connectivity index (χ4v) is 1.61. The SMILES string of the molecule is COC(=O)C1C[C@H](OC(C)=O)CC(OC)O1. The predicted octanol–water partition coefficient (Wildman–Crippen LogP) is 0.243. The van der Waals surface area contributed by atoms with Crippen molar-refractivity contribution in [2.24, 2.45) is 0 Å². The van der Waals surface area contributed by atoms with Gasteiger partial charge in [-0.3, -0.25) is 4.79 Å². The van der Waals surface area contributed by atoms with Gasteiger partial charge in [-0.15, -0.1) is 0 Å². The summed E-state index contributed by atoms with van der Waals surface area (Å²) in [6.45, 7) is 1.32. The molecule has 0 spiro atoms. The van der Waals surface area contributed by atoms with E-state index in [1.807, 2.05) is 0 Å². The van der Waals surface area contributed by atoms with Gasteiger partial charge in [-0.1, -0.05) is 0 Å². The van der Waals surface area contributed by atoms with Crippen molar-refractivity contribution < 1.29 is 28.5 Å². The Hall–Kier alpha value is -1.14. The van der Waals surface area contributed by atoms with Crippen LogP contribution in [0.5, 0.6) is 0 Å². The van der Waals surface area contributed by atoms with Crippen LogP contribution in [0.1, 0.15) is 19.8 Å². The Balaban J connectivity index is 2.60. The third-order valence-electron chi connectivity index (χ3n) is 2.31. The molecular weight excluding hydrogens is 216 g/mol. The number of hydrogen-bond donors (Lipinski definition) is 0. The molecule has 0 radical (unpaired) electrons. The number of rotatable bonds is 3. The molecule has 1 saturated heterocycles. The molecule has 6 nitrogen and oxygen atoms in total. The lowest BCUT2D eigenvalue weighted by molar-refractivity contribution is -0.219. The van der Waals surface area contributed by atoms with E-state index in [1.165, 1.54) is 21.1 Å². The van der Waals surface area contributed by atoms with Crippen molar-refractivity contribution in [2.45, 2.75) is 38.3 Å². The van der Waals surface area contributed by atoms with Gasteiger partial charge < -0.3 is 18.9 Å². The smallest absolute Gasteiger partial charge is 0.335 e. The first-order chi connectivity index (χ1) is 7.56. The maximum atomic E-state index is 11.3. The van der Waals surface area contributed by atoms with E-state index >= 15 is 0 Å². The summed E-state index contributed by atoms with van der Waals surface area (Å²) in [5, 5.41) is 0. The van der Waals surface area contributed by atoms with Crippen LogP contribution in [0.25, 0.3) is 0 Å². The first-order valence-corrected chi connectivity index (χ1v) is 5.00. The van der Waals surface area contributed by atoms with Gasteiger partial charge in [0.25, 0.3) is 0 Å². The fourth-order valence-electron chi connectivity index (χ4n) is 1.61. The van der Waals surface area contributed by atoms with Gasteiger partial charge in [-0.05, 0) is 0 Å². The zero-order chi connectivity index (χ0) is 12.1. The summed E-state index contributed by atoms with van der Waals surface area (Å²) in [4.78, 5) is 22.1. The number of methoxy groups -OCH3 is 2. The molecule has 1 aliphatic rings. The van der Waals surface area contributed by atoms with E-state index in [2.05, 4.69) is 4.74 Å². The molecule has 1 aliphatic heterocycles. The van der Waals surface area contributed by atoms with Gasteiger partial charge >= 0.3 is 11.9 Å². The minimum absolute atomic E-state index is 0.298. The van der Waals surface area contributed by atoms with Crippen molar-refractivity contribution in [3.63, 3.8) is 0 Å². The van der Waals surface area contributed by atoms with Gasteiger partial charge in [0, 0.05) is 26.9 Å². The molecule has 0 N–H and O–H groups in total. The topological polar surface area (TPSA) is 71.1 Å². The van der Waals surface area contributed by atoms with Gasteiger partial charge in [0.2, 0.25) is 0 Å². The standard InChI is InChI=1S/C10H16O6/c1-6(11)15-7-4-8(10(12)14-3)16-9(5-7)13-2/h7-9H,4-5H2,1-3H3/t7-,8?,9?/m0/s1. The monoisotopic (exact) mass is 232 g/mol. The van der Waals surface area contributed by atoms with E-state index in [9.17, 15) is 9.59 Å². The van der Waals surface area contributed by atoms with Crippen LogP contribution in [0.2, 0.25) is 0 Å². The maximum Gasteiger partial charge on any atom is 0.335 e. The maximum absolute atomic E-state index is 11.3. The summed E-state index contributed by atoms with van der Waals surface area (Å²) in [7, 11) is 2.75. The molecule has 16 heavy (non-hydrogen) atoms. The molecule has 0 aromatic heterocycles. The van der Waals surface area contributed by atoms with Crippen LogP contribution in [-0.2, 0) is 28.5 Å². The highest BCUT2D eigenvalue weighted by atomic mass is 16.7. The lowest BCUT2D eigenvalue weighted by atomic mass is 10.0. The highest BCUT2D eigenvalue weighted by Gasteiger charge is 2.35. The minimum atomic E-state index is -0.743. The van der Waals surface area contributed by atoms with Gasteiger partial charge in [0.05, 0.1) is 7.11 Å². The van der Waals surface area contributed by atoms with E-state index in [-0.39, 0.29) is 12.1 Å². The Morgan fingerprint density at radius 1 is 1.25 bits per heavy atom. The summed E-state index contributed by atoms with van der Waals surface area (Å²) >= 11 is 0. The lowest BCUT2D eigenvalue weighted by Crippen LogP contribution is -2.42. The molecule has 1 fully saturated rings. The van der Waals surface area contributed by atoms with Crippen molar-refractivity contribution >= 4 is 11.9 Å². The van der Waals surface area contributed by atoms with Gasteiger partial charge in [-0.25, -0.2) is 4.79 Å². The summed E-state index contributed by atoms with van der Waals surface area (Å²) in [5.74, 6) is -0.871. The van der Waals surface area contributed by atoms with Crippen LogP contribution in [0.4, 0.5) is 0 Å². The molecule has 3 atom stereocenters. The highest BCUT2D eigenvalue weighted by molar-refractivity contribution is 5.74. The molecule has 2 unspecified atom stereocenters. The summed E-state index contributed by atoms with van der Waals surface area (Å²) in [6, 6.07) is 0. The number of hydrogen-bond acceptors (Lipinski definition) is 6. The van der Waals surface area contributed by atoms with E-state index in [1.54, 1.807) is 0 Å². The quantitative estimate of drug-likeness (QED) is 0.649. The van der Waals surface area contributed by atoms with Crippen LogP contribution in [-0.4, -0.2) is 44.7 Å². The number of carbonyl (C=O) groups excluding carboxylic acids is 2. The first kappa shape index (κ1) is 12.9. The van der Waals surface area contributed by atoms with Gasteiger partial charge in [0.1, 0.15) is 6.10 Å². The average Bonchev–Trinajstić information content (AvgIpc) is 2.26. The normalized spacial score (nSPS) is 29.6. The Morgan fingerprint density at radius 2 is 1.94 bits per heavy atom. The largest absolute Gasteiger partial charge is 0.467 e. The van der Waals surface area contributed by atoms with Crippen molar-refractivity contribution in [1.29, 1.82) is 0 Å². The van der Waals surface area contributed by atoms with E-state index in [4.69, 9.17) is 14.2 Å². The molecule has 1 rings (SSSR count). The lowest BCUT2D eigenvalue weighted by Gasteiger charge is -2.32. The van der Waals surface area contributed by atoms with E-state index in [0.29, 0.717) is 12.8 Å². The van der Waals surface area contributed by atoms with Crippen LogP contribution < -0.4 is 0 Å². The molecule has 0 aromatic rings. The molecule has 0 saturated carbocycles. The molecule has 1 heterocycles. The summed E-state index contributed by atoms with van der Waals surface area (Å²) in [5.41, 5.74) is 0. The predicted molar refractivity (Wildman–Crippen MR) is 52.5 cm³/mol. The Morgan fingerprint density at radius 3 is 2.44 bits per heavy atom. The van der Waals surface area contributed by atoms with Crippen molar-refractivity contribution in [3.8, 4) is 0 Å². The third kappa shape index (κ3) is 3.46. The third-order valence-corrected chi connectivity index (χ3v) is 2.31. The minimum Gasteiger partial charge on any atom is -0.467 e. The molecule has 92 valence electrons. The number of carbonyl (C=O) groups is 2. The molecule has 0 aliphatic carbocycles. The van der Waals surface area contributed by atoms with E-state index in [0.717, 1.165) is 0 Å². The van der Waals surface area contributed by atoms with Crippen molar-refractivity contribution in [3.05, 3.63) is 0 Å². The number of esters is 2. The fraction of sp³-hybridized carbons (Fsp3) is 0.800. The Labute approximate surface area is 93.8 Å².